The van der Waals surface area contributed by atoms with Crippen molar-refractivity contribution in [3.8, 4) is 0 Å². The summed E-state index contributed by atoms with van der Waals surface area (Å²) in [6, 6.07) is 14.8. The lowest BCUT2D eigenvalue weighted by Gasteiger charge is -2.30. The van der Waals surface area contributed by atoms with Gasteiger partial charge in [-0.2, -0.15) is 4.31 Å². The number of nitrogens with zero attached hydrogens (tertiary/aromatic N) is 1. The van der Waals surface area contributed by atoms with Crippen LogP contribution >= 0.6 is 0 Å². The normalized spacial score (nSPS) is 16.0. The second-order valence-corrected chi connectivity index (χ2v) is 8.95. The van der Waals surface area contributed by atoms with Gasteiger partial charge in [0.1, 0.15) is 5.82 Å². The lowest BCUT2D eigenvalue weighted by Crippen LogP contribution is -2.43. The molecule has 0 atom stereocenters. The molecule has 0 aliphatic carbocycles. The highest BCUT2D eigenvalue weighted by Crippen LogP contribution is 2.23. The molecule has 1 aliphatic rings. The van der Waals surface area contributed by atoms with Crippen LogP contribution in [0, 0.1) is 11.7 Å². The van der Waals surface area contributed by atoms with Crippen LogP contribution in [0.15, 0.2) is 59.5 Å². The summed E-state index contributed by atoms with van der Waals surface area (Å²) in [6.45, 7) is 1.26. The summed E-state index contributed by atoms with van der Waals surface area (Å²) in [5.41, 5.74) is 1.04. The van der Waals surface area contributed by atoms with Gasteiger partial charge in [0.2, 0.25) is 15.9 Å². The smallest absolute Gasteiger partial charge is 0.243 e. The zero-order valence-corrected chi connectivity index (χ0v) is 16.5. The number of amides is 1. The first kappa shape index (κ1) is 20.5. The lowest BCUT2D eigenvalue weighted by molar-refractivity contribution is -0.126. The standard InChI is InChI=1S/C21H25FN2O3S/c22-19-10-8-17(9-11-19)5-4-14-23-21(25)18-12-15-24(16-13-18)28(26,27)20-6-2-1-3-7-20/h1-3,6-11,18H,4-5,12-16H2,(H,23,25). The molecule has 2 aromatic carbocycles. The maximum atomic E-state index is 12.9. The van der Waals surface area contributed by atoms with E-state index >= 15 is 0 Å². The van der Waals surface area contributed by atoms with E-state index in [0.717, 1.165) is 18.4 Å². The van der Waals surface area contributed by atoms with Gasteiger partial charge in [-0.1, -0.05) is 30.3 Å². The Morgan fingerprint density at radius 1 is 1.04 bits per heavy atom. The highest BCUT2D eigenvalue weighted by atomic mass is 32.2. The monoisotopic (exact) mass is 404 g/mol. The van der Waals surface area contributed by atoms with Crippen molar-refractivity contribution in [2.45, 2.75) is 30.6 Å². The first-order valence-corrected chi connectivity index (χ1v) is 11.0. The van der Waals surface area contributed by atoms with Gasteiger partial charge >= 0.3 is 0 Å². The summed E-state index contributed by atoms with van der Waals surface area (Å²) < 4.78 is 39.6. The van der Waals surface area contributed by atoms with Crippen LogP contribution in [0.4, 0.5) is 4.39 Å². The second-order valence-electron chi connectivity index (χ2n) is 7.01. The van der Waals surface area contributed by atoms with Crippen LogP contribution in [-0.2, 0) is 21.2 Å². The Morgan fingerprint density at radius 2 is 1.68 bits per heavy atom. The van der Waals surface area contributed by atoms with Crippen LogP contribution in [-0.4, -0.2) is 38.3 Å². The zero-order chi connectivity index (χ0) is 20.0. The predicted octanol–water partition coefficient (Wildman–Crippen LogP) is 2.98. The minimum absolute atomic E-state index is 0.0177. The Hall–Kier alpha value is -2.25. The van der Waals surface area contributed by atoms with Gasteiger partial charge in [-0.05, 0) is 55.5 Å². The fourth-order valence-electron chi connectivity index (χ4n) is 3.40. The number of sulfonamides is 1. The number of benzene rings is 2. The van der Waals surface area contributed by atoms with Crippen LogP contribution in [0.2, 0.25) is 0 Å². The molecule has 3 rings (SSSR count). The molecule has 7 heteroatoms. The van der Waals surface area contributed by atoms with Crippen LogP contribution in [0.5, 0.6) is 0 Å². The number of aryl methyl sites for hydroxylation is 1. The molecule has 0 spiro atoms. The zero-order valence-electron chi connectivity index (χ0n) is 15.7. The number of carbonyl (C=O) groups excluding carboxylic acids is 1. The van der Waals surface area contributed by atoms with Crippen molar-refractivity contribution in [1.82, 2.24) is 9.62 Å². The van der Waals surface area contributed by atoms with Crippen molar-refractivity contribution in [2.24, 2.45) is 5.92 Å². The van der Waals surface area contributed by atoms with E-state index in [2.05, 4.69) is 5.32 Å². The summed E-state index contributed by atoms with van der Waals surface area (Å²) in [5.74, 6) is -0.429. The average Bonchev–Trinajstić information content (AvgIpc) is 2.73. The molecule has 0 unspecified atom stereocenters. The van der Waals surface area contributed by atoms with Crippen molar-refractivity contribution in [3.63, 3.8) is 0 Å². The summed E-state index contributed by atoms with van der Waals surface area (Å²) in [5, 5.41) is 2.94. The third kappa shape index (κ3) is 5.17. The summed E-state index contributed by atoms with van der Waals surface area (Å²) >= 11 is 0. The Bertz CT molecular complexity index is 878. The van der Waals surface area contributed by atoms with Crippen molar-refractivity contribution >= 4 is 15.9 Å². The molecule has 0 saturated carbocycles. The van der Waals surface area contributed by atoms with Crippen molar-refractivity contribution in [2.75, 3.05) is 19.6 Å². The minimum Gasteiger partial charge on any atom is -0.356 e. The maximum absolute atomic E-state index is 12.9. The Morgan fingerprint density at radius 3 is 2.32 bits per heavy atom. The molecule has 1 heterocycles. The number of halogens is 1. The van der Waals surface area contributed by atoms with Gasteiger partial charge < -0.3 is 5.32 Å². The third-order valence-electron chi connectivity index (χ3n) is 5.06. The van der Waals surface area contributed by atoms with E-state index in [1.54, 1.807) is 42.5 Å². The van der Waals surface area contributed by atoms with E-state index in [-0.39, 0.29) is 17.6 Å². The van der Waals surface area contributed by atoms with E-state index in [4.69, 9.17) is 0 Å². The molecule has 150 valence electrons. The van der Waals surface area contributed by atoms with Crippen LogP contribution in [0.3, 0.4) is 0 Å². The quantitative estimate of drug-likeness (QED) is 0.722. The second kappa shape index (κ2) is 9.30. The number of hydrogen-bond donors (Lipinski definition) is 1. The molecule has 1 fully saturated rings. The predicted molar refractivity (Wildman–Crippen MR) is 106 cm³/mol. The number of hydrogen-bond acceptors (Lipinski definition) is 3. The van der Waals surface area contributed by atoms with Gasteiger partial charge in [0.05, 0.1) is 4.90 Å². The highest BCUT2D eigenvalue weighted by molar-refractivity contribution is 7.89. The van der Waals surface area contributed by atoms with E-state index in [1.807, 2.05) is 0 Å². The van der Waals surface area contributed by atoms with Gasteiger partial charge in [-0.25, -0.2) is 12.8 Å². The molecule has 2 aromatic rings. The fraction of sp³-hybridized carbons (Fsp3) is 0.381. The Balaban J connectivity index is 1.42. The number of rotatable bonds is 7. The molecule has 0 radical (unpaired) electrons. The maximum Gasteiger partial charge on any atom is 0.243 e. The number of piperidine rings is 1. The largest absolute Gasteiger partial charge is 0.356 e. The van der Waals surface area contributed by atoms with Gasteiger partial charge in [0.25, 0.3) is 0 Å². The lowest BCUT2D eigenvalue weighted by atomic mass is 9.97. The van der Waals surface area contributed by atoms with E-state index in [0.29, 0.717) is 37.4 Å². The van der Waals surface area contributed by atoms with Gasteiger partial charge in [0.15, 0.2) is 0 Å². The highest BCUT2D eigenvalue weighted by Gasteiger charge is 2.31. The van der Waals surface area contributed by atoms with E-state index in [9.17, 15) is 17.6 Å². The molecule has 1 saturated heterocycles. The fourth-order valence-corrected chi connectivity index (χ4v) is 4.89. The molecule has 1 amide bonds. The molecule has 1 N–H and O–H groups in total. The van der Waals surface area contributed by atoms with Crippen molar-refractivity contribution in [1.29, 1.82) is 0 Å². The molecule has 0 aromatic heterocycles. The molecular weight excluding hydrogens is 379 g/mol. The van der Waals surface area contributed by atoms with Crippen LogP contribution < -0.4 is 5.32 Å². The van der Waals surface area contributed by atoms with Crippen molar-refractivity contribution < 1.29 is 17.6 Å². The van der Waals surface area contributed by atoms with Crippen LogP contribution in [0.1, 0.15) is 24.8 Å². The molecule has 0 bridgehead atoms. The summed E-state index contributed by atoms with van der Waals surface area (Å²) in [7, 11) is -3.49. The number of carbonyl (C=O) groups is 1. The van der Waals surface area contributed by atoms with Gasteiger partial charge in [-0.15, -0.1) is 0 Å². The molecule has 1 aliphatic heterocycles. The summed E-state index contributed by atoms with van der Waals surface area (Å²) in [6.07, 6.45) is 2.60. The summed E-state index contributed by atoms with van der Waals surface area (Å²) in [4.78, 5) is 12.6. The Labute approximate surface area is 165 Å². The topological polar surface area (TPSA) is 66.5 Å². The van der Waals surface area contributed by atoms with Crippen LogP contribution in [0.25, 0.3) is 0 Å². The SMILES string of the molecule is O=C(NCCCc1ccc(F)cc1)C1CCN(S(=O)(=O)c2ccccc2)CC1. The third-order valence-corrected chi connectivity index (χ3v) is 6.97. The van der Waals surface area contributed by atoms with Gasteiger partial charge in [-0.3, -0.25) is 4.79 Å². The van der Waals surface area contributed by atoms with Gasteiger partial charge in [0, 0.05) is 25.6 Å². The minimum atomic E-state index is -3.49. The molecular formula is C21H25FN2O3S. The van der Waals surface area contributed by atoms with E-state index in [1.165, 1.54) is 16.4 Å². The average molecular weight is 405 g/mol. The van der Waals surface area contributed by atoms with E-state index < -0.39 is 10.0 Å². The molecule has 28 heavy (non-hydrogen) atoms. The Kier molecular flexibility index (Phi) is 6.80. The first-order valence-electron chi connectivity index (χ1n) is 9.54. The first-order chi connectivity index (χ1) is 13.5. The number of nitrogens with one attached hydrogen (secondary N) is 1. The van der Waals surface area contributed by atoms with Crippen molar-refractivity contribution in [3.05, 3.63) is 66.0 Å². The molecule has 5 nitrogen and oxygen atoms in total.